The summed E-state index contributed by atoms with van der Waals surface area (Å²) in [5.41, 5.74) is 2.51. The van der Waals surface area contributed by atoms with Crippen LogP contribution in [0.15, 0.2) is 64.4 Å². The molecule has 0 saturated carbocycles. The predicted molar refractivity (Wildman–Crippen MR) is 122 cm³/mol. The van der Waals surface area contributed by atoms with Crippen molar-refractivity contribution in [1.29, 1.82) is 0 Å². The summed E-state index contributed by atoms with van der Waals surface area (Å²) in [6, 6.07) is 14.9. The summed E-state index contributed by atoms with van der Waals surface area (Å²) in [6.45, 7) is 1.38. The quantitative estimate of drug-likeness (QED) is 0.581. The Balaban J connectivity index is 1.76. The molecule has 2 aliphatic rings. The fourth-order valence-electron chi connectivity index (χ4n) is 4.16. The molecule has 2 aromatic carbocycles. The zero-order valence-electron chi connectivity index (χ0n) is 17.0. The number of hydrogen-bond donors (Lipinski definition) is 1. The number of nitrogens with zero attached hydrogens (tertiary/aromatic N) is 2. The van der Waals surface area contributed by atoms with Gasteiger partial charge in [0.05, 0.1) is 6.04 Å². The number of hydrogen-bond acceptors (Lipinski definition) is 6. The van der Waals surface area contributed by atoms with Gasteiger partial charge in [0, 0.05) is 34.9 Å². The zero-order valence-corrected chi connectivity index (χ0v) is 18.6. The normalized spacial score (nSPS) is 16.9. The third-order valence-corrected chi connectivity index (χ3v) is 6.98. The van der Waals surface area contributed by atoms with E-state index in [0.29, 0.717) is 10.8 Å². The molecule has 9 heteroatoms. The summed E-state index contributed by atoms with van der Waals surface area (Å²) < 4.78 is 6.75. The fraction of sp³-hybridized carbons (Fsp3) is 0.174. The van der Waals surface area contributed by atoms with Crippen LogP contribution in [0.25, 0.3) is 0 Å². The molecule has 5 rings (SSSR count). The lowest BCUT2D eigenvalue weighted by Gasteiger charge is -2.40. The number of pyridine rings is 1. The summed E-state index contributed by atoms with van der Waals surface area (Å²) in [7, 11) is 0. The monoisotopic (exact) mass is 467 g/mol. The second kappa shape index (κ2) is 8.03. The Labute approximate surface area is 192 Å². The van der Waals surface area contributed by atoms with E-state index >= 15 is 0 Å². The van der Waals surface area contributed by atoms with E-state index in [9.17, 15) is 14.4 Å². The van der Waals surface area contributed by atoms with Crippen LogP contribution in [0.2, 0.25) is 5.02 Å². The Hall–Kier alpha value is -3.23. The van der Waals surface area contributed by atoms with Gasteiger partial charge >= 0.3 is 5.97 Å². The van der Waals surface area contributed by atoms with E-state index in [1.54, 1.807) is 16.4 Å². The number of nitrogens with one attached hydrogen (secondary N) is 1. The average molecular weight is 468 g/mol. The standard InChI is InChI=1S/C23H18ClN3O4S/c1-13(28)31-22-18(29)9-10-26-21(22)23(30)25-12-27(26)20-14-6-4-7-17(24)16(14)11-32-19-8-3-2-5-15(19)20/h2-10,20H,11-12H2,1H3,(H,25,30). The van der Waals surface area contributed by atoms with Crippen LogP contribution in [0.3, 0.4) is 0 Å². The van der Waals surface area contributed by atoms with E-state index < -0.39 is 17.3 Å². The molecule has 0 radical (unpaired) electrons. The summed E-state index contributed by atoms with van der Waals surface area (Å²) in [4.78, 5) is 37.9. The molecule has 1 unspecified atom stereocenters. The SMILES string of the molecule is CC(=O)Oc1c2n(ccc1=O)N(C1c3ccccc3SCc3c(Cl)cccc31)CNC2=O. The second-order valence-corrected chi connectivity index (χ2v) is 8.86. The molecular formula is C23H18ClN3O4S. The minimum absolute atomic E-state index is 0.0168. The van der Waals surface area contributed by atoms with Crippen molar-refractivity contribution >= 4 is 35.2 Å². The van der Waals surface area contributed by atoms with Crippen molar-refractivity contribution in [2.24, 2.45) is 0 Å². The maximum absolute atomic E-state index is 12.8. The van der Waals surface area contributed by atoms with Gasteiger partial charge in [-0.15, -0.1) is 11.8 Å². The minimum Gasteiger partial charge on any atom is -0.420 e. The number of carbonyl (C=O) groups excluding carboxylic acids is 2. The minimum atomic E-state index is -0.672. The summed E-state index contributed by atoms with van der Waals surface area (Å²) in [5.74, 6) is -0.740. The number of carbonyl (C=O) groups is 2. The number of thioether (sulfide) groups is 1. The first-order valence-electron chi connectivity index (χ1n) is 9.94. The first kappa shape index (κ1) is 20.7. The number of amides is 1. The Kier molecular flexibility index (Phi) is 5.19. The molecule has 1 aromatic heterocycles. The Morgan fingerprint density at radius 1 is 1.12 bits per heavy atom. The van der Waals surface area contributed by atoms with Crippen molar-refractivity contribution in [2.45, 2.75) is 23.6 Å². The maximum atomic E-state index is 12.8. The molecule has 1 amide bonds. The number of halogens is 1. The van der Waals surface area contributed by atoms with Crippen molar-refractivity contribution in [3.63, 3.8) is 0 Å². The van der Waals surface area contributed by atoms with Crippen LogP contribution in [-0.2, 0) is 10.5 Å². The van der Waals surface area contributed by atoms with Gasteiger partial charge in [0.2, 0.25) is 11.2 Å². The Bertz CT molecular complexity index is 1320. The molecule has 3 heterocycles. The lowest BCUT2D eigenvalue weighted by molar-refractivity contribution is -0.132. The van der Waals surface area contributed by atoms with E-state index in [1.807, 2.05) is 35.3 Å². The van der Waals surface area contributed by atoms with Gasteiger partial charge in [-0.25, -0.2) is 0 Å². The van der Waals surface area contributed by atoms with Crippen molar-refractivity contribution in [2.75, 3.05) is 11.7 Å². The molecule has 1 atom stereocenters. The predicted octanol–water partition coefficient (Wildman–Crippen LogP) is 3.46. The van der Waals surface area contributed by atoms with E-state index in [2.05, 4.69) is 17.4 Å². The molecular weight excluding hydrogens is 450 g/mol. The van der Waals surface area contributed by atoms with Crippen LogP contribution >= 0.6 is 23.4 Å². The van der Waals surface area contributed by atoms with Crippen LogP contribution in [0.5, 0.6) is 5.75 Å². The lowest BCUT2D eigenvalue weighted by Crippen LogP contribution is -2.54. The summed E-state index contributed by atoms with van der Waals surface area (Å²) in [6.07, 6.45) is 1.54. The molecule has 162 valence electrons. The molecule has 32 heavy (non-hydrogen) atoms. The lowest BCUT2D eigenvalue weighted by atomic mass is 9.94. The molecule has 0 aliphatic carbocycles. The highest BCUT2D eigenvalue weighted by molar-refractivity contribution is 7.98. The largest absolute Gasteiger partial charge is 0.420 e. The highest BCUT2D eigenvalue weighted by Gasteiger charge is 2.36. The highest BCUT2D eigenvalue weighted by atomic mass is 35.5. The van der Waals surface area contributed by atoms with Crippen molar-refractivity contribution in [1.82, 2.24) is 9.99 Å². The van der Waals surface area contributed by atoms with E-state index in [-0.39, 0.29) is 24.2 Å². The van der Waals surface area contributed by atoms with Gasteiger partial charge in [0.15, 0.2) is 5.69 Å². The van der Waals surface area contributed by atoms with E-state index in [4.69, 9.17) is 16.3 Å². The van der Waals surface area contributed by atoms with Gasteiger partial charge in [-0.2, -0.15) is 0 Å². The number of benzene rings is 2. The molecule has 2 aliphatic heterocycles. The average Bonchev–Trinajstić information content (AvgIpc) is 2.93. The third-order valence-electron chi connectivity index (χ3n) is 5.51. The first-order chi connectivity index (χ1) is 15.5. The second-order valence-electron chi connectivity index (χ2n) is 7.44. The van der Waals surface area contributed by atoms with Crippen molar-refractivity contribution in [3.05, 3.63) is 92.4 Å². The molecule has 0 fully saturated rings. The number of rotatable bonds is 2. The summed E-state index contributed by atoms with van der Waals surface area (Å²) >= 11 is 8.28. The highest BCUT2D eigenvalue weighted by Crippen LogP contribution is 2.44. The molecule has 0 bridgehead atoms. The topological polar surface area (TPSA) is 80.6 Å². The number of fused-ring (bicyclic) bond motifs is 3. The van der Waals surface area contributed by atoms with Gasteiger partial charge in [-0.3, -0.25) is 24.1 Å². The Morgan fingerprint density at radius 3 is 2.72 bits per heavy atom. The zero-order chi connectivity index (χ0) is 22.4. The maximum Gasteiger partial charge on any atom is 0.308 e. The third kappa shape index (κ3) is 3.36. The van der Waals surface area contributed by atoms with Crippen molar-refractivity contribution < 1.29 is 14.3 Å². The van der Waals surface area contributed by atoms with Crippen LogP contribution < -0.4 is 20.5 Å². The first-order valence-corrected chi connectivity index (χ1v) is 11.3. The fourth-order valence-corrected chi connectivity index (χ4v) is 5.63. The van der Waals surface area contributed by atoms with Crippen LogP contribution in [0, 0.1) is 0 Å². The van der Waals surface area contributed by atoms with Gasteiger partial charge in [-0.05, 0) is 28.8 Å². The van der Waals surface area contributed by atoms with Crippen molar-refractivity contribution in [3.8, 4) is 5.75 Å². The van der Waals surface area contributed by atoms with Gasteiger partial charge in [0.1, 0.15) is 6.67 Å². The number of esters is 1. The van der Waals surface area contributed by atoms with Gasteiger partial charge in [0.25, 0.3) is 5.91 Å². The number of aromatic nitrogens is 1. The van der Waals surface area contributed by atoms with E-state index in [1.165, 1.54) is 19.2 Å². The van der Waals surface area contributed by atoms with Crippen LogP contribution in [0.1, 0.15) is 40.1 Å². The smallest absolute Gasteiger partial charge is 0.308 e. The molecule has 0 saturated heterocycles. The van der Waals surface area contributed by atoms with Crippen LogP contribution in [0.4, 0.5) is 0 Å². The van der Waals surface area contributed by atoms with Crippen LogP contribution in [-0.4, -0.2) is 23.2 Å². The van der Waals surface area contributed by atoms with Gasteiger partial charge in [-0.1, -0.05) is 41.9 Å². The molecule has 1 N–H and O–H groups in total. The van der Waals surface area contributed by atoms with Gasteiger partial charge < -0.3 is 10.1 Å². The summed E-state index contributed by atoms with van der Waals surface area (Å²) in [5, 5.41) is 5.43. The molecule has 0 spiro atoms. The van der Waals surface area contributed by atoms with E-state index in [0.717, 1.165) is 21.6 Å². The molecule has 3 aromatic rings. The molecule has 7 nitrogen and oxygen atoms in total. The Morgan fingerprint density at radius 2 is 1.91 bits per heavy atom. The number of ether oxygens (including phenoxy) is 1.